The molecule has 0 bridgehead atoms. The lowest BCUT2D eigenvalue weighted by Gasteiger charge is -2.19. The molecule has 1 N–H and O–H groups in total. The van der Waals surface area contributed by atoms with Crippen LogP contribution >= 0.6 is 23.2 Å². The van der Waals surface area contributed by atoms with Gasteiger partial charge in [0.25, 0.3) is 0 Å². The fraction of sp³-hybridized carbons (Fsp3) is 0.250. The largest absolute Gasteiger partial charge is 0.377 e. The number of hydrogen-bond donors (Lipinski definition) is 1. The van der Waals surface area contributed by atoms with E-state index in [9.17, 15) is 16.8 Å². The van der Waals surface area contributed by atoms with Gasteiger partial charge in [-0.15, -0.1) is 0 Å². The minimum atomic E-state index is -3.64. The topological polar surface area (TPSA) is 80.3 Å². The maximum atomic E-state index is 12.1. The van der Waals surface area contributed by atoms with Crippen LogP contribution in [-0.2, 0) is 19.7 Å². The molecule has 2 aromatic carbocycles. The predicted octanol–water partition coefficient (Wildman–Crippen LogP) is 3.97. The Hall–Kier alpha value is -1.28. The molecule has 0 saturated carbocycles. The molecular weight excluding hydrogens is 405 g/mol. The van der Waals surface area contributed by atoms with Gasteiger partial charge in [-0.25, -0.2) is 16.8 Å². The van der Waals surface area contributed by atoms with Gasteiger partial charge < -0.3 is 5.32 Å². The van der Waals surface area contributed by atoms with Crippen LogP contribution in [0.4, 0.5) is 5.69 Å². The molecule has 0 unspecified atom stereocenters. The number of benzene rings is 2. The number of hydrogen-bond acceptors (Lipinski definition) is 5. The molecule has 0 radical (unpaired) electrons. The van der Waals surface area contributed by atoms with Crippen LogP contribution in [0.15, 0.2) is 46.2 Å². The van der Waals surface area contributed by atoms with Crippen molar-refractivity contribution in [1.82, 2.24) is 0 Å². The number of nitrogens with one attached hydrogen (secondary N) is 1. The molecule has 9 heteroatoms. The molecule has 0 saturated heterocycles. The molecule has 2 rings (SSSR count). The van der Waals surface area contributed by atoms with E-state index in [2.05, 4.69) is 5.32 Å². The van der Waals surface area contributed by atoms with Gasteiger partial charge in [-0.3, -0.25) is 0 Å². The van der Waals surface area contributed by atoms with E-state index in [-0.39, 0.29) is 15.8 Å². The van der Waals surface area contributed by atoms with E-state index >= 15 is 0 Å². The Morgan fingerprint density at radius 1 is 0.920 bits per heavy atom. The summed E-state index contributed by atoms with van der Waals surface area (Å²) in [5.41, 5.74) is 1.03. The molecule has 5 nitrogen and oxygen atoms in total. The second-order valence-electron chi connectivity index (χ2n) is 5.73. The van der Waals surface area contributed by atoms with Crippen molar-refractivity contribution < 1.29 is 16.8 Å². The van der Waals surface area contributed by atoms with Crippen molar-refractivity contribution in [2.45, 2.75) is 22.8 Å². The van der Waals surface area contributed by atoms with Gasteiger partial charge in [0.15, 0.2) is 19.7 Å². The lowest BCUT2D eigenvalue weighted by Crippen LogP contribution is -2.12. The predicted molar refractivity (Wildman–Crippen MR) is 101 cm³/mol. The third kappa shape index (κ3) is 4.88. The fourth-order valence-corrected chi connectivity index (χ4v) is 4.48. The van der Waals surface area contributed by atoms with Crippen molar-refractivity contribution in [1.29, 1.82) is 0 Å². The Morgan fingerprint density at radius 3 is 2.08 bits per heavy atom. The summed E-state index contributed by atoms with van der Waals surface area (Å²) in [5.74, 6) is 0. The summed E-state index contributed by atoms with van der Waals surface area (Å²) in [7, 11) is -7.16. The van der Waals surface area contributed by atoms with Crippen LogP contribution in [0.2, 0.25) is 10.0 Å². The van der Waals surface area contributed by atoms with E-state index < -0.39 is 19.7 Å². The Labute approximate surface area is 157 Å². The van der Waals surface area contributed by atoms with Gasteiger partial charge in [-0.1, -0.05) is 29.3 Å². The molecule has 0 aliphatic heterocycles. The van der Waals surface area contributed by atoms with Crippen LogP contribution in [0.25, 0.3) is 0 Å². The van der Waals surface area contributed by atoms with Crippen LogP contribution in [0, 0.1) is 0 Å². The van der Waals surface area contributed by atoms with Crippen molar-refractivity contribution >= 4 is 48.6 Å². The first-order chi connectivity index (χ1) is 11.4. The van der Waals surface area contributed by atoms with Gasteiger partial charge >= 0.3 is 0 Å². The third-order valence-corrected chi connectivity index (χ3v) is 6.39. The molecule has 1 atom stereocenters. The highest BCUT2D eigenvalue weighted by molar-refractivity contribution is 7.91. The van der Waals surface area contributed by atoms with Crippen molar-refractivity contribution in [3.63, 3.8) is 0 Å². The maximum absolute atomic E-state index is 12.1. The van der Waals surface area contributed by atoms with Crippen LogP contribution in [0.3, 0.4) is 0 Å². The molecule has 0 aliphatic carbocycles. The molecule has 0 amide bonds. The average molecular weight is 422 g/mol. The Balaban J connectivity index is 2.48. The van der Waals surface area contributed by atoms with Crippen molar-refractivity contribution in [2.75, 3.05) is 17.8 Å². The first-order valence-electron chi connectivity index (χ1n) is 7.15. The summed E-state index contributed by atoms with van der Waals surface area (Å²) in [5, 5.41) is 4.01. The van der Waals surface area contributed by atoms with E-state index in [0.29, 0.717) is 15.7 Å². The van der Waals surface area contributed by atoms with Crippen molar-refractivity contribution in [3.05, 3.63) is 52.0 Å². The molecule has 136 valence electrons. The molecule has 0 aliphatic rings. The second-order valence-corrected chi connectivity index (χ2v) is 10.6. The molecule has 0 spiro atoms. The summed E-state index contributed by atoms with van der Waals surface area (Å²) in [6.45, 7) is 1.81. The zero-order valence-corrected chi connectivity index (χ0v) is 16.9. The second kappa shape index (κ2) is 7.15. The number of sulfone groups is 2. The number of anilines is 1. The Bertz CT molecular complexity index is 1020. The molecule has 0 aromatic heterocycles. The minimum absolute atomic E-state index is 0.0596. The highest BCUT2D eigenvalue weighted by Gasteiger charge is 2.20. The minimum Gasteiger partial charge on any atom is -0.377 e. The number of rotatable bonds is 5. The highest BCUT2D eigenvalue weighted by atomic mass is 35.5. The Morgan fingerprint density at radius 2 is 1.56 bits per heavy atom. The molecule has 25 heavy (non-hydrogen) atoms. The standard InChI is InChI=1S/C16H17Cl2NO4S2/c1-10(13-6-4-11(17)8-14(13)18)19-15-7-5-12(24(2,20)21)9-16(15)25(3,22)23/h4-10,19H,1-3H3/t10-/m0/s1. The summed E-state index contributed by atoms with van der Waals surface area (Å²) in [4.78, 5) is -0.150. The van der Waals surface area contributed by atoms with Crippen molar-refractivity contribution in [2.24, 2.45) is 0 Å². The number of halogens is 2. The van der Waals surface area contributed by atoms with Gasteiger partial charge in [-0.05, 0) is 42.8 Å². The normalized spacial score (nSPS) is 13.5. The fourth-order valence-electron chi connectivity index (χ4n) is 2.32. The van der Waals surface area contributed by atoms with Gasteiger partial charge in [0.1, 0.15) is 0 Å². The smallest absolute Gasteiger partial charge is 0.177 e. The monoisotopic (exact) mass is 421 g/mol. The van der Waals surface area contributed by atoms with E-state index in [4.69, 9.17) is 23.2 Å². The van der Waals surface area contributed by atoms with Gasteiger partial charge in [0, 0.05) is 22.6 Å². The molecule has 0 heterocycles. The summed E-state index contributed by atoms with van der Waals surface area (Å²) in [6.07, 6.45) is 2.05. The summed E-state index contributed by atoms with van der Waals surface area (Å²) < 4.78 is 47.6. The maximum Gasteiger partial charge on any atom is 0.177 e. The van der Waals surface area contributed by atoms with Gasteiger partial charge in [0.05, 0.1) is 21.5 Å². The third-order valence-electron chi connectivity index (χ3n) is 3.58. The van der Waals surface area contributed by atoms with Crippen molar-refractivity contribution in [3.8, 4) is 0 Å². The van der Waals surface area contributed by atoms with E-state index in [0.717, 1.165) is 24.1 Å². The average Bonchev–Trinajstić information content (AvgIpc) is 2.45. The Kier molecular flexibility index (Phi) is 5.73. The van der Waals surface area contributed by atoms with Gasteiger partial charge in [0.2, 0.25) is 0 Å². The van der Waals surface area contributed by atoms with Crippen LogP contribution < -0.4 is 5.32 Å². The van der Waals surface area contributed by atoms with E-state index in [1.807, 2.05) is 6.92 Å². The zero-order valence-electron chi connectivity index (χ0n) is 13.7. The highest BCUT2D eigenvalue weighted by Crippen LogP contribution is 2.31. The lowest BCUT2D eigenvalue weighted by atomic mass is 10.1. The quantitative estimate of drug-likeness (QED) is 0.789. The SMILES string of the molecule is C[C@H](Nc1ccc(S(C)(=O)=O)cc1S(C)(=O)=O)c1ccc(Cl)cc1Cl. The summed E-state index contributed by atoms with van der Waals surface area (Å²) >= 11 is 12.1. The van der Waals surface area contributed by atoms with E-state index in [1.54, 1.807) is 18.2 Å². The van der Waals surface area contributed by atoms with Gasteiger partial charge in [-0.2, -0.15) is 0 Å². The first kappa shape index (κ1) is 20.0. The van der Waals surface area contributed by atoms with E-state index in [1.165, 1.54) is 12.1 Å². The molecular formula is C16H17Cl2NO4S2. The van der Waals surface area contributed by atoms with Crippen LogP contribution in [0.5, 0.6) is 0 Å². The molecule has 0 fully saturated rings. The van der Waals surface area contributed by atoms with Crippen LogP contribution in [0.1, 0.15) is 18.5 Å². The molecule has 2 aromatic rings. The van der Waals surface area contributed by atoms with Crippen LogP contribution in [-0.4, -0.2) is 29.3 Å². The lowest BCUT2D eigenvalue weighted by molar-refractivity contribution is 0.600. The zero-order chi connectivity index (χ0) is 19.0. The summed E-state index contributed by atoms with van der Waals surface area (Å²) in [6, 6.07) is 8.66. The first-order valence-corrected chi connectivity index (χ1v) is 11.7.